The Bertz CT molecular complexity index is 441. The number of pyridine rings is 1. The van der Waals surface area contributed by atoms with Crippen molar-refractivity contribution in [3.8, 4) is 0 Å². The summed E-state index contributed by atoms with van der Waals surface area (Å²) in [4.78, 5) is 5.37. The van der Waals surface area contributed by atoms with Gasteiger partial charge in [-0.2, -0.15) is 0 Å². The molecule has 2 aromatic heterocycles. The molecule has 0 radical (unpaired) electrons. The van der Waals surface area contributed by atoms with Gasteiger partial charge in [0.1, 0.15) is 10.8 Å². The van der Waals surface area contributed by atoms with Gasteiger partial charge in [-0.1, -0.05) is 11.8 Å². The van der Waals surface area contributed by atoms with Gasteiger partial charge in [0.2, 0.25) is 0 Å². The zero-order valence-corrected chi connectivity index (χ0v) is 9.93. The molecule has 72 valence electrons. The van der Waals surface area contributed by atoms with Gasteiger partial charge in [-0.3, -0.25) is 0 Å². The minimum Gasteiger partial charge on any atom is -0.468 e. The molecule has 0 amide bonds. The SMILES string of the molecule is Cc1occc1Sc1ncccc1Br. The van der Waals surface area contributed by atoms with Crippen molar-refractivity contribution in [2.75, 3.05) is 0 Å². The summed E-state index contributed by atoms with van der Waals surface area (Å²) < 4.78 is 6.22. The van der Waals surface area contributed by atoms with Crippen molar-refractivity contribution in [2.24, 2.45) is 0 Å². The predicted octanol–water partition coefficient (Wildman–Crippen LogP) is 3.90. The first-order valence-electron chi connectivity index (χ1n) is 4.10. The zero-order valence-electron chi connectivity index (χ0n) is 7.53. The highest BCUT2D eigenvalue weighted by atomic mass is 79.9. The molecule has 0 aliphatic heterocycles. The van der Waals surface area contributed by atoms with Crippen LogP contribution >= 0.6 is 27.7 Å². The maximum atomic E-state index is 5.21. The van der Waals surface area contributed by atoms with Gasteiger partial charge in [-0.15, -0.1) is 0 Å². The molecular formula is C10H8BrNOS. The number of halogens is 1. The molecule has 0 aliphatic carbocycles. The Labute approximate surface area is 94.9 Å². The highest BCUT2D eigenvalue weighted by Gasteiger charge is 2.06. The fourth-order valence-corrected chi connectivity index (χ4v) is 2.33. The zero-order chi connectivity index (χ0) is 9.97. The molecule has 4 heteroatoms. The van der Waals surface area contributed by atoms with E-state index in [4.69, 9.17) is 4.42 Å². The molecule has 2 nitrogen and oxygen atoms in total. The molecule has 14 heavy (non-hydrogen) atoms. The van der Waals surface area contributed by atoms with Crippen LogP contribution in [0.3, 0.4) is 0 Å². The molecule has 2 aromatic rings. The standard InChI is InChI=1S/C10H8BrNOS/c1-7-9(4-6-13-7)14-10-8(11)3-2-5-12-10/h2-6H,1H3. The molecule has 0 saturated carbocycles. The molecule has 0 aliphatic rings. The van der Waals surface area contributed by atoms with Crippen molar-refractivity contribution in [2.45, 2.75) is 16.8 Å². The highest BCUT2D eigenvalue weighted by molar-refractivity contribution is 9.10. The lowest BCUT2D eigenvalue weighted by molar-refractivity contribution is 0.527. The number of hydrogen-bond donors (Lipinski definition) is 0. The number of aryl methyl sites for hydroxylation is 1. The average molecular weight is 270 g/mol. The van der Waals surface area contributed by atoms with Crippen LogP contribution in [0, 0.1) is 6.92 Å². The van der Waals surface area contributed by atoms with Gasteiger partial charge in [0, 0.05) is 6.20 Å². The van der Waals surface area contributed by atoms with Gasteiger partial charge in [0.05, 0.1) is 15.6 Å². The van der Waals surface area contributed by atoms with Gasteiger partial charge in [-0.25, -0.2) is 4.98 Å². The van der Waals surface area contributed by atoms with Crippen LogP contribution in [-0.2, 0) is 0 Å². The summed E-state index contributed by atoms with van der Waals surface area (Å²) >= 11 is 5.05. The smallest absolute Gasteiger partial charge is 0.115 e. The lowest BCUT2D eigenvalue weighted by Crippen LogP contribution is -1.80. The molecule has 0 unspecified atom stereocenters. The Hall–Kier alpha value is -0.740. The summed E-state index contributed by atoms with van der Waals surface area (Å²) in [6.07, 6.45) is 3.47. The van der Waals surface area contributed by atoms with Gasteiger partial charge in [-0.05, 0) is 41.1 Å². The first-order valence-corrected chi connectivity index (χ1v) is 5.71. The van der Waals surface area contributed by atoms with E-state index in [1.54, 1.807) is 24.2 Å². The topological polar surface area (TPSA) is 26.0 Å². The van der Waals surface area contributed by atoms with E-state index in [0.29, 0.717) is 0 Å². The summed E-state index contributed by atoms with van der Waals surface area (Å²) in [5.74, 6) is 0.924. The van der Waals surface area contributed by atoms with Crippen LogP contribution in [0.2, 0.25) is 0 Å². The second-order valence-corrected chi connectivity index (χ2v) is 4.62. The van der Waals surface area contributed by atoms with Crippen LogP contribution in [0.1, 0.15) is 5.76 Å². The fourth-order valence-electron chi connectivity index (χ4n) is 1.03. The fraction of sp³-hybridized carbons (Fsp3) is 0.100. The second-order valence-electron chi connectivity index (χ2n) is 2.73. The van der Waals surface area contributed by atoms with Crippen molar-refractivity contribution in [1.29, 1.82) is 0 Å². The van der Waals surface area contributed by atoms with Crippen LogP contribution < -0.4 is 0 Å². The Morgan fingerprint density at radius 3 is 2.93 bits per heavy atom. The van der Waals surface area contributed by atoms with E-state index < -0.39 is 0 Å². The van der Waals surface area contributed by atoms with Crippen LogP contribution in [0.25, 0.3) is 0 Å². The monoisotopic (exact) mass is 269 g/mol. The van der Waals surface area contributed by atoms with Crippen molar-refractivity contribution in [3.63, 3.8) is 0 Å². The lowest BCUT2D eigenvalue weighted by Gasteiger charge is -2.00. The van der Waals surface area contributed by atoms with Crippen LogP contribution in [-0.4, -0.2) is 4.98 Å². The summed E-state index contributed by atoms with van der Waals surface area (Å²) in [7, 11) is 0. The molecule has 0 aromatic carbocycles. The normalized spacial score (nSPS) is 10.4. The van der Waals surface area contributed by atoms with Crippen molar-refractivity contribution in [1.82, 2.24) is 4.98 Å². The van der Waals surface area contributed by atoms with E-state index in [1.165, 1.54) is 0 Å². The third-order valence-corrected chi connectivity index (χ3v) is 3.81. The number of nitrogens with zero attached hydrogens (tertiary/aromatic N) is 1. The van der Waals surface area contributed by atoms with E-state index in [-0.39, 0.29) is 0 Å². The largest absolute Gasteiger partial charge is 0.468 e. The molecule has 0 saturated heterocycles. The number of aromatic nitrogens is 1. The Kier molecular flexibility index (Phi) is 2.93. The second kappa shape index (κ2) is 4.19. The lowest BCUT2D eigenvalue weighted by atomic mass is 10.5. The quantitative estimate of drug-likeness (QED) is 0.827. The molecule has 0 fully saturated rings. The Balaban J connectivity index is 2.28. The Morgan fingerprint density at radius 2 is 2.29 bits per heavy atom. The van der Waals surface area contributed by atoms with Crippen LogP contribution in [0.4, 0.5) is 0 Å². The summed E-state index contributed by atoms with van der Waals surface area (Å²) in [5.41, 5.74) is 0. The molecule has 0 atom stereocenters. The van der Waals surface area contributed by atoms with E-state index in [0.717, 1.165) is 20.2 Å². The van der Waals surface area contributed by atoms with Gasteiger partial charge >= 0.3 is 0 Å². The van der Waals surface area contributed by atoms with Crippen molar-refractivity contribution >= 4 is 27.7 Å². The first-order chi connectivity index (χ1) is 6.77. The van der Waals surface area contributed by atoms with Crippen molar-refractivity contribution < 1.29 is 4.42 Å². The van der Waals surface area contributed by atoms with E-state index in [1.807, 2.05) is 25.1 Å². The van der Waals surface area contributed by atoms with E-state index >= 15 is 0 Å². The van der Waals surface area contributed by atoms with Crippen molar-refractivity contribution in [3.05, 3.63) is 40.9 Å². The minimum atomic E-state index is 0.924. The summed E-state index contributed by atoms with van der Waals surface area (Å²) in [5, 5.41) is 0.956. The third kappa shape index (κ3) is 2.01. The van der Waals surface area contributed by atoms with Crippen LogP contribution in [0.5, 0.6) is 0 Å². The molecule has 0 bridgehead atoms. The molecule has 0 spiro atoms. The van der Waals surface area contributed by atoms with E-state index in [2.05, 4.69) is 20.9 Å². The Morgan fingerprint density at radius 1 is 1.43 bits per heavy atom. The highest BCUT2D eigenvalue weighted by Crippen LogP contribution is 2.33. The van der Waals surface area contributed by atoms with Gasteiger partial charge < -0.3 is 4.42 Å². The summed E-state index contributed by atoms with van der Waals surface area (Å²) in [6, 6.07) is 5.82. The number of hydrogen-bond acceptors (Lipinski definition) is 3. The molecular weight excluding hydrogens is 262 g/mol. The maximum Gasteiger partial charge on any atom is 0.115 e. The van der Waals surface area contributed by atoms with Crippen LogP contribution in [0.15, 0.2) is 49.5 Å². The number of furan rings is 1. The maximum absolute atomic E-state index is 5.21. The average Bonchev–Trinajstić information content (AvgIpc) is 2.56. The summed E-state index contributed by atoms with van der Waals surface area (Å²) in [6.45, 7) is 1.94. The molecule has 0 N–H and O–H groups in total. The first kappa shape index (κ1) is 9.80. The number of rotatable bonds is 2. The van der Waals surface area contributed by atoms with Gasteiger partial charge in [0.25, 0.3) is 0 Å². The van der Waals surface area contributed by atoms with E-state index in [9.17, 15) is 0 Å². The minimum absolute atomic E-state index is 0.924. The molecule has 2 rings (SSSR count). The molecule has 2 heterocycles. The van der Waals surface area contributed by atoms with Gasteiger partial charge in [0.15, 0.2) is 0 Å². The predicted molar refractivity (Wildman–Crippen MR) is 59.5 cm³/mol. The third-order valence-electron chi connectivity index (χ3n) is 1.74.